The Morgan fingerprint density at radius 1 is 1.19 bits per heavy atom. The molecular formula is C16H18Cl2N2O. The van der Waals surface area contributed by atoms with Gasteiger partial charge in [0.15, 0.2) is 0 Å². The van der Waals surface area contributed by atoms with E-state index in [0.29, 0.717) is 16.6 Å². The molecule has 0 amide bonds. The minimum atomic E-state index is -0.0903. The van der Waals surface area contributed by atoms with Gasteiger partial charge in [-0.15, -0.1) is 0 Å². The number of likely N-dealkylation sites (N-methyl/N-ethyl adjacent to an activating group) is 1. The second-order valence-corrected chi connectivity index (χ2v) is 5.54. The molecule has 2 rings (SSSR count). The van der Waals surface area contributed by atoms with Crippen LogP contribution in [-0.2, 0) is 0 Å². The Kier molecular flexibility index (Phi) is 5.34. The summed E-state index contributed by atoms with van der Waals surface area (Å²) in [4.78, 5) is 2.05. The fourth-order valence-electron chi connectivity index (χ4n) is 2.35. The Bertz CT molecular complexity index is 619. The predicted molar refractivity (Wildman–Crippen MR) is 89.7 cm³/mol. The molecule has 1 atom stereocenters. The van der Waals surface area contributed by atoms with Gasteiger partial charge in [0.2, 0.25) is 0 Å². The van der Waals surface area contributed by atoms with Crippen molar-refractivity contribution in [2.24, 2.45) is 5.73 Å². The number of hydrogen-bond acceptors (Lipinski definition) is 3. The number of benzene rings is 2. The van der Waals surface area contributed by atoms with Crippen LogP contribution in [0, 0.1) is 0 Å². The lowest BCUT2D eigenvalue weighted by Gasteiger charge is -2.31. The Morgan fingerprint density at radius 2 is 1.90 bits per heavy atom. The Hall–Kier alpha value is -1.42. The second kappa shape index (κ2) is 7.03. The van der Waals surface area contributed by atoms with Crippen LogP contribution in [0.5, 0.6) is 5.75 Å². The van der Waals surface area contributed by atoms with E-state index in [0.717, 1.165) is 17.0 Å². The molecule has 0 aromatic heterocycles. The molecule has 21 heavy (non-hydrogen) atoms. The SMILES string of the molecule is COc1ccccc1N(C)C(CN)c1cc(Cl)ccc1Cl. The van der Waals surface area contributed by atoms with Crippen molar-refractivity contribution >= 4 is 28.9 Å². The molecular weight excluding hydrogens is 307 g/mol. The summed E-state index contributed by atoms with van der Waals surface area (Å²) in [6, 6.07) is 13.1. The van der Waals surface area contributed by atoms with E-state index in [1.165, 1.54) is 0 Å². The van der Waals surface area contributed by atoms with Crippen LogP contribution in [0.2, 0.25) is 10.0 Å². The first-order valence-electron chi connectivity index (χ1n) is 6.59. The molecule has 0 aliphatic heterocycles. The zero-order chi connectivity index (χ0) is 15.4. The summed E-state index contributed by atoms with van der Waals surface area (Å²) in [6.07, 6.45) is 0. The molecule has 0 radical (unpaired) electrons. The van der Waals surface area contributed by atoms with Gasteiger partial charge in [0.05, 0.1) is 18.8 Å². The normalized spacial score (nSPS) is 12.0. The maximum absolute atomic E-state index is 6.30. The maximum atomic E-state index is 6.30. The molecule has 2 N–H and O–H groups in total. The van der Waals surface area contributed by atoms with Crippen molar-refractivity contribution in [1.29, 1.82) is 0 Å². The highest BCUT2D eigenvalue weighted by molar-refractivity contribution is 6.33. The first-order chi connectivity index (χ1) is 10.1. The van der Waals surface area contributed by atoms with Gasteiger partial charge in [0.25, 0.3) is 0 Å². The lowest BCUT2D eigenvalue weighted by molar-refractivity contribution is 0.413. The number of halogens is 2. The fraction of sp³-hybridized carbons (Fsp3) is 0.250. The van der Waals surface area contributed by atoms with Gasteiger partial charge in [-0.3, -0.25) is 0 Å². The van der Waals surface area contributed by atoms with E-state index in [1.54, 1.807) is 19.2 Å². The fourth-order valence-corrected chi connectivity index (χ4v) is 2.78. The van der Waals surface area contributed by atoms with Gasteiger partial charge in [-0.25, -0.2) is 0 Å². The number of nitrogens with zero attached hydrogens (tertiary/aromatic N) is 1. The van der Waals surface area contributed by atoms with Crippen LogP contribution in [0.4, 0.5) is 5.69 Å². The van der Waals surface area contributed by atoms with Crippen molar-refractivity contribution < 1.29 is 4.74 Å². The van der Waals surface area contributed by atoms with Crippen LogP contribution < -0.4 is 15.4 Å². The van der Waals surface area contributed by atoms with Crippen molar-refractivity contribution in [2.75, 3.05) is 25.6 Å². The van der Waals surface area contributed by atoms with Gasteiger partial charge in [-0.2, -0.15) is 0 Å². The summed E-state index contributed by atoms with van der Waals surface area (Å²) in [5.41, 5.74) is 7.82. The number of ether oxygens (including phenoxy) is 1. The van der Waals surface area contributed by atoms with Crippen molar-refractivity contribution in [1.82, 2.24) is 0 Å². The highest BCUT2D eigenvalue weighted by atomic mass is 35.5. The van der Waals surface area contributed by atoms with E-state index >= 15 is 0 Å². The second-order valence-electron chi connectivity index (χ2n) is 4.70. The Morgan fingerprint density at radius 3 is 2.57 bits per heavy atom. The standard InChI is InChI=1S/C16H18Cl2N2O/c1-20(14-5-3-4-6-16(14)21-2)15(10-19)12-9-11(17)7-8-13(12)18/h3-9,15H,10,19H2,1-2H3. The number of para-hydroxylation sites is 2. The minimum absolute atomic E-state index is 0.0903. The zero-order valence-electron chi connectivity index (χ0n) is 12.0. The van der Waals surface area contributed by atoms with Gasteiger partial charge >= 0.3 is 0 Å². The molecule has 0 saturated carbocycles. The summed E-state index contributed by atoms with van der Waals surface area (Å²) in [5, 5.41) is 1.29. The molecule has 0 aliphatic rings. The van der Waals surface area contributed by atoms with E-state index in [9.17, 15) is 0 Å². The van der Waals surface area contributed by atoms with Crippen molar-refractivity contribution in [3.63, 3.8) is 0 Å². The predicted octanol–water partition coefficient (Wildman–Crippen LogP) is 4.14. The van der Waals surface area contributed by atoms with Crippen LogP contribution in [0.1, 0.15) is 11.6 Å². The highest BCUT2D eigenvalue weighted by Crippen LogP contribution is 2.35. The third kappa shape index (κ3) is 3.43. The molecule has 1 unspecified atom stereocenters. The maximum Gasteiger partial charge on any atom is 0.142 e. The van der Waals surface area contributed by atoms with E-state index in [-0.39, 0.29) is 6.04 Å². The minimum Gasteiger partial charge on any atom is -0.495 e. The number of anilines is 1. The van der Waals surface area contributed by atoms with E-state index < -0.39 is 0 Å². The third-order valence-corrected chi connectivity index (χ3v) is 4.05. The number of nitrogens with two attached hydrogens (primary N) is 1. The first kappa shape index (κ1) is 16.0. The zero-order valence-corrected chi connectivity index (χ0v) is 13.5. The number of methoxy groups -OCH3 is 1. The van der Waals surface area contributed by atoms with Gasteiger partial charge in [-0.05, 0) is 35.9 Å². The van der Waals surface area contributed by atoms with E-state index in [2.05, 4.69) is 4.90 Å². The summed E-state index contributed by atoms with van der Waals surface area (Å²) in [7, 11) is 3.61. The van der Waals surface area contributed by atoms with E-state index in [1.807, 2.05) is 37.4 Å². The first-order valence-corrected chi connectivity index (χ1v) is 7.35. The van der Waals surface area contributed by atoms with Crippen molar-refractivity contribution in [2.45, 2.75) is 6.04 Å². The molecule has 3 nitrogen and oxygen atoms in total. The quantitative estimate of drug-likeness (QED) is 0.898. The molecule has 0 fully saturated rings. The van der Waals surface area contributed by atoms with Crippen LogP contribution >= 0.6 is 23.2 Å². The summed E-state index contributed by atoms with van der Waals surface area (Å²) < 4.78 is 5.41. The van der Waals surface area contributed by atoms with Crippen LogP contribution in [0.15, 0.2) is 42.5 Å². The van der Waals surface area contributed by atoms with Crippen LogP contribution in [-0.4, -0.2) is 20.7 Å². The van der Waals surface area contributed by atoms with Gasteiger partial charge in [0.1, 0.15) is 5.75 Å². The Labute approximate surface area is 135 Å². The van der Waals surface area contributed by atoms with Crippen molar-refractivity contribution in [3.05, 3.63) is 58.1 Å². The monoisotopic (exact) mass is 324 g/mol. The molecule has 0 heterocycles. The number of rotatable bonds is 5. The summed E-state index contributed by atoms with van der Waals surface area (Å²) in [5.74, 6) is 0.789. The molecule has 0 spiro atoms. The Balaban J connectivity index is 2.43. The summed E-state index contributed by atoms with van der Waals surface area (Å²) in [6.45, 7) is 0.411. The van der Waals surface area contributed by atoms with Gasteiger partial charge in [0, 0.05) is 23.6 Å². The molecule has 2 aromatic carbocycles. The van der Waals surface area contributed by atoms with Crippen molar-refractivity contribution in [3.8, 4) is 5.75 Å². The smallest absolute Gasteiger partial charge is 0.142 e. The lowest BCUT2D eigenvalue weighted by Crippen LogP contribution is -2.31. The van der Waals surface area contributed by atoms with Crippen LogP contribution in [0.3, 0.4) is 0 Å². The molecule has 5 heteroatoms. The average Bonchev–Trinajstić information content (AvgIpc) is 2.51. The molecule has 2 aromatic rings. The highest BCUT2D eigenvalue weighted by Gasteiger charge is 2.21. The molecule has 0 saturated heterocycles. The number of hydrogen-bond donors (Lipinski definition) is 1. The molecule has 0 bridgehead atoms. The topological polar surface area (TPSA) is 38.5 Å². The third-order valence-electron chi connectivity index (χ3n) is 3.47. The van der Waals surface area contributed by atoms with E-state index in [4.69, 9.17) is 33.7 Å². The van der Waals surface area contributed by atoms with Crippen LogP contribution in [0.25, 0.3) is 0 Å². The van der Waals surface area contributed by atoms with Gasteiger partial charge < -0.3 is 15.4 Å². The summed E-state index contributed by atoms with van der Waals surface area (Å²) >= 11 is 12.4. The van der Waals surface area contributed by atoms with Gasteiger partial charge in [-0.1, -0.05) is 35.3 Å². The molecule has 112 valence electrons. The largest absolute Gasteiger partial charge is 0.495 e. The molecule has 0 aliphatic carbocycles. The average molecular weight is 325 g/mol. The lowest BCUT2D eigenvalue weighted by atomic mass is 10.0.